The summed E-state index contributed by atoms with van der Waals surface area (Å²) < 4.78 is 12.9. The third kappa shape index (κ3) is 2.93. The van der Waals surface area contributed by atoms with Gasteiger partial charge in [-0.05, 0) is 49.7 Å². The van der Waals surface area contributed by atoms with E-state index in [-0.39, 0.29) is 11.9 Å². The van der Waals surface area contributed by atoms with Crippen molar-refractivity contribution in [2.75, 3.05) is 7.05 Å². The molecular weight excluding hydrogens is 227 g/mol. The van der Waals surface area contributed by atoms with Crippen molar-refractivity contribution in [3.8, 4) is 0 Å². The molecule has 0 aliphatic rings. The van der Waals surface area contributed by atoms with Gasteiger partial charge in [-0.15, -0.1) is 0 Å². The van der Waals surface area contributed by atoms with Gasteiger partial charge in [0.15, 0.2) is 0 Å². The van der Waals surface area contributed by atoms with E-state index in [0.29, 0.717) is 0 Å². The van der Waals surface area contributed by atoms with Gasteiger partial charge in [-0.1, -0.05) is 18.2 Å². The van der Waals surface area contributed by atoms with Gasteiger partial charge in [-0.3, -0.25) is 4.98 Å². The molecule has 1 heterocycles. The van der Waals surface area contributed by atoms with Gasteiger partial charge in [0.05, 0.1) is 11.7 Å². The number of hydrogen-bond donors (Lipinski definition) is 1. The zero-order chi connectivity index (χ0) is 13.0. The van der Waals surface area contributed by atoms with E-state index >= 15 is 0 Å². The molecule has 0 fully saturated rings. The molecule has 1 atom stereocenters. The highest BCUT2D eigenvalue weighted by molar-refractivity contribution is 5.25. The zero-order valence-electron chi connectivity index (χ0n) is 10.7. The fraction of sp³-hybridized carbons (Fsp3) is 0.267. The van der Waals surface area contributed by atoms with Crippen molar-refractivity contribution in [3.63, 3.8) is 0 Å². The van der Waals surface area contributed by atoms with Gasteiger partial charge in [0.2, 0.25) is 0 Å². The zero-order valence-corrected chi connectivity index (χ0v) is 10.7. The Morgan fingerprint density at radius 1 is 1.22 bits per heavy atom. The summed E-state index contributed by atoms with van der Waals surface area (Å²) in [6.07, 6.45) is 2.60. The van der Waals surface area contributed by atoms with Crippen LogP contribution < -0.4 is 5.32 Å². The molecule has 0 aliphatic carbocycles. The van der Waals surface area contributed by atoms with Gasteiger partial charge >= 0.3 is 0 Å². The van der Waals surface area contributed by atoms with Crippen molar-refractivity contribution in [3.05, 3.63) is 65.2 Å². The Morgan fingerprint density at radius 2 is 1.94 bits per heavy atom. The molecule has 2 aromatic rings. The second-order valence-electron chi connectivity index (χ2n) is 4.38. The molecule has 18 heavy (non-hydrogen) atoms. The summed E-state index contributed by atoms with van der Waals surface area (Å²) in [6, 6.07) is 10.8. The lowest BCUT2D eigenvalue weighted by Crippen LogP contribution is -2.21. The normalized spacial score (nSPS) is 12.4. The van der Waals surface area contributed by atoms with Gasteiger partial charge in [0, 0.05) is 6.20 Å². The van der Waals surface area contributed by atoms with Crippen LogP contribution in [-0.4, -0.2) is 12.0 Å². The van der Waals surface area contributed by atoms with Crippen LogP contribution in [0.25, 0.3) is 0 Å². The number of rotatable bonds is 4. The maximum Gasteiger partial charge on any atom is 0.123 e. The van der Waals surface area contributed by atoms with Gasteiger partial charge in [0.1, 0.15) is 5.82 Å². The first-order chi connectivity index (χ1) is 8.70. The van der Waals surface area contributed by atoms with Crippen LogP contribution in [-0.2, 0) is 6.42 Å². The number of nitrogens with one attached hydrogen (secondary N) is 1. The molecule has 3 heteroatoms. The van der Waals surface area contributed by atoms with E-state index < -0.39 is 0 Å². The lowest BCUT2D eigenvalue weighted by atomic mass is 10.00. The Balaban J connectivity index is 2.20. The first-order valence-corrected chi connectivity index (χ1v) is 6.04. The number of hydrogen-bond acceptors (Lipinski definition) is 2. The van der Waals surface area contributed by atoms with Crippen LogP contribution in [0.1, 0.15) is 22.9 Å². The number of likely N-dealkylation sites (N-methyl/N-ethyl adjacent to an activating group) is 1. The standard InChI is InChI=1S/C15H17FN2/c1-11-4-3-9-18-15(11)14(17-2)10-12-5-7-13(16)8-6-12/h3-9,14,17H,10H2,1-2H3. The van der Waals surface area contributed by atoms with E-state index in [9.17, 15) is 4.39 Å². The predicted octanol–water partition coefficient (Wildman–Crippen LogP) is 3.03. The molecule has 1 aromatic heterocycles. The number of pyridine rings is 1. The summed E-state index contributed by atoms with van der Waals surface area (Å²) in [5.74, 6) is -0.200. The Bertz CT molecular complexity index is 508. The minimum atomic E-state index is -0.200. The third-order valence-electron chi connectivity index (χ3n) is 3.08. The fourth-order valence-corrected chi connectivity index (χ4v) is 2.05. The molecule has 0 amide bonds. The van der Waals surface area contributed by atoms with E-state index in [1.807, 2.05) is 25.2 Å². The van der Waals surface area contributed by atoms with E-state index in [4.69, 9.17) is 0 Å². The van der Waals surface area contributed by atoms with Crippen LogP contribution in [0.3, 0.4) is 0 Å². The monoisotopic (exact) mass is 244 g/mol. The number of aryl methyl sites for hydroxylation is 1. The smallest absolute Gasteiger partial charge is 0.123 e. The Labute approximate surface area is 107 Å². The molecule has 0 radical (unpaired) electrons. The molecule has 1 unspecified atom stereocenters. The summed E-state index contributed by atoms with van der Waals surface area (Å²) in [4.78, 5) is 4.43. The van der Waals surface area contributed by atoms with Crippen molar-refractivity contribution < 1.29 is 4.39 Å². The molecule has 0 spiro atoms. The van der Waals surface area contributed by atoms with Crippen LogP contribution >= 0.6 is 0 Å². The number of aromatic nitrogens is 1. The minimum absolute atomic E-state index is 0.150. The number of nitrogens with zero attached hydrogens (tertiary/aromatic N) is 1. The summed E-state index contributed by atoms with van der Waals surface area (Å²) in [5.41, 5.74) is 3.31. The molecule has 1 N–H and O–H groups in total. The third-order valence-corrected chi connectivity index (χ3v) is 3.08. The largest absolute Gasteiger partial charge is 0.311 e. The van der Waals surface area contributed by atoms with Crippen LogP contribution in [0, 0.1) is 12.7 Å². The lowest BCUT2D eigenvalue weighted by molar-refractivity contribution is 0.570. The second-order valence-corrected chi connectivity index (χ2v) is 4.38. The van der Waals surface area contributed by atoms with Crippen molar-refractivity contribution >= 4 is 0 Å². The predicted molar refractivity (Wildman–Crippen MR) is 70.9 cm³/mol. The summed E-state index contributed by atoms with van der Waals surface area (Å²) >= 11 is 0. The van der Waals surface area contributed by atoms with Crippen LogP contribution in [0.5, 0.6) is 0 Å². The SMILES string of the molecule is CNC(Cc1ccc(F)cc1)c1ncccc1C. The highest BCUT2D eigenvalue weighted by Crippen LogP contribution is 2.19. The molecule has 94 valence electrons. The van der Waals surface area contributed by atoms with Crippen molar-refractivity contribution in [2.45, 2.75) is 19.4 Å². The maximum atomic E-state index is 12.9. The minimum Gasteiger partial charge on any atom is -0.311 e. The fourth-order valence-electron chi connectivity index (χ4n) is 2.05. The van der Waals surface area contributed by atoms with E-state index in [0.717, 1.165) is 17.7 Å². The average molecular weight is 244 g/mol. The summed E-state index contributed by atoms with van der Waals surface area (Å²) in [7, 11) is 1.92. The van der Waals surface area contributed by atoms with E-state index in [2.05, 4.69) is 23.3 Å². The van der Waals surface area contributed by atoms with Gasteiger partial charge in [-0.25, -0.2) is 4.39 Å². The second kappa shape index (κ2) is 5.74. The Kier molecular flexibility index (Phi) is 4.05. The molecule has 2 rings (SSSR count). The Morgan fingerprint density at radius 3 is 2.56 bits per heavy atom. The number of halogens is 1. The highest BCUT2D eigenvalue weighted by atomic mass is 19.1. The molecule has 0 saturated carbocycles. The quantitative estimate of drug-likeness (QED) is 0.894. The van der Waals surface area contributed by atoms with E-state index in [1.54, 1.807) is 6.20 Å². The van der Waals surface area contributed by atoms with Gasteiger partial charge in [-0.2, -0.15) is 0 Å². The molecular formula is C15H17FN2. The topological polar surface area (TPSA) is 24.9 Å². The average Bonchev–Trinajstić information content (AvgIpc) is 2.39. The molecule has 1 aromatic carbocycles. The first-order valence-electron chi connectivity index (χ1n) is 6.04. The van der Waals surface area contributed by atoms with Crippen LogP contribution in [0.2, 0.25) is 0 Å². The van der Waals surface area contributed by atoms with E-state index in [1.165, 1.54) is 17.7 Å². The summed E-state index contributed by atoms with van der Waals surface area (Å²) in [5, 5.41) is 3.27. The number of benzene rings is 1. The van der Waals surface area contributed by atoms with Gasteiger partial charge in [0.25, 0.3) is 0 Å². The molecule has 0 aliphatic heterocycles. The lowest BCUT2D eigenvalue weighted by Gasteiger charge is -2.17. The van der Waals surface area contributed by atoms with Gasteiger partial charge < -0.3 is 5.32 Å². The Hall–Kier alpha value is -1.74. The van der Waals surface area contributed by atoms with Crippen molar-refractivity contribution in [1.29, 1.82) is 0 Å². The molecule has 0 saturated heterocycles. The van der Waals surface area contributed by atoms with Crippen molar-refractivity contribution in [1.82, 2.24) is 10.3 Å². The molecule has 2 nitrogen and oxygen atoms in total. The molecule has 0 bridgehead atoms. The highest BCUT2D eigenvalue weighted by Gasteiger charge is 2.13. The van der Waals surface area contributed by atoms with Crippen LogP contribution in [0.15, 0.2) is 42.6 Å². The maximum absolute atomic E-state index is 12.9. The first kappa shape index (κ1) is 12.7. The van der Waals surface area contributed by atoms with Crippen molar-refractivity contribution in [2.24, 2.45) is 0 Å². The van der Waals surface area contributed by atoms with Crippen LogP contribution in [0.4, 0.5) is 4.39 Å². The summed E-state index contributed by atoms with van der Waals surface area (Å²) in [6.45, 7) is 2.05.